The van der Waals surface area contributed by atoms with Gasteiger partial charge in [-0.1, -0.05) is 30.3 Å². The van der Waals surface area contributed by atoms with Gasteiger partial charge in [-0.05, 0) is 36.1 Å². The van der Waals surface area contributed by atoms with Crippen molar-refractivity contribution in [2.45, 2.75) is 31.7 Å². The number of carbonyl (C=O) groups is 1. The van der Waals surface area contributed by atoms with Gasteiger partial charge in [0.15, 0.2) is 5.13 Å². The number of hydrogen-bond donors (Lipinski definition) is 1. The number of carbonyl (C=O) groups excluding carboxylic acids is 1. The molecule has 1 amide bonds. The molecule has 1 aliphatic heterocycles. The fraction of sp³-hybridized carbons (Fsp3) is 0.364. The maximum atomic E-state index is 12.6. The second-order valence-corrected chi connectivity index (χ2v) is 7.98. The summed E-state index contributed by atoms with van der Waals surface area (Å²) >= 11 is 1.67. The number of benzene rings is 2. The number of methoxy groups -OCH3 is 1. The Morgan fingerprint density at radius 2 is 2.07 bits per heavy atom. The summed E-state index contributed by atoms with van der Waals surface area (Å²) in [6.45, 7) is 1.88. The van der Waals surface area contributed by atoms with Crippen LogP contribution < -0.4 is 15.0 Å². The Kier molecular flexibility index (Phi) is 5.76. The number of anilines is 1. The van der Waals surface area contributed by atoms with E-state index in [1.54, 1.807) is 18.4 Å². The Morgan fingerprint density at radius 3 is 2.82 bits per heavy atom. The van der Waals surface area contributed by atoms with Crippen molar-refractivity contribution < 1.29 is 9.53 Å². The lowest BCUT2D eigenvalue weighted by atomic mass is 9.99. The lowest BCUT2D eigenvalue weighted by Crippen LogP contribution is -2.44. The smallest absolute Gasteiger partial charge is 0.220 e. The Bertz CT molecular complexity index is 934. The molecule has 0 bridgehead atoms. The average molecular weight is 396 g/mol. The summed E-state index contributed by atoms with van der Waals surface area (Å²) in [5.74, 6) is 0.964. The molecule has 1 aliphatic rings. The maximum Gasteiger partial charge on any atom is 0.220 e. The minimum Gasteiger partial charge on any atom is -0.496 e. The van der Waals surface area contributed by atoms with Crippen molar-refractivity contribution in [1.82, 2.24) is 10.3 Å². The summed E-state index contributed by atoms with van der Waals surface area (Å²) in [5, 5.41) is 8.63. The Labute approximate surface area is 169 Å². The van der Waals surface area contributed by atoms with Gasteiger partial charge >= 0.3 is 0 Å². The van der Waals surface area contributed by atoms with E-state index in [2.05, 4.69) is 33.4 Å². The zero-order valence-corrected chi connectivity index (χ0v) is 16.9. The lowest BCUT2D eigenvalue weighted by Gasteiger charge is -2.32. The molecule has 146 valence electrons. The highest BCUT2D eigenvalue weighted by molar-refractivity contribution is 7.13. The summed E-state index contributed by atoms with van der Waals surface area (Å²) in [5.41, 5.74) is 1.11. The van der Waals surface area contributed by atoms with E-state index < -0.39 is 0 Å². The predicted octanol–water partition coefficient (Wildman–Crippen LogP) is 4.02. The van der Waals surface area contributed by atoms with Crippen molar-refractivity contribution >= 4 is 33.1 Å². The first-order valence-corrected chi connectivity index (χ1v) is 10.6. The number of amides is 1. The van der Waals surface area contributed by atoms with Crippen LogP contribution in [0.1, 0.15) is 24.8 Å². The van der Waals surface area contributed by atoms with E-state index in [4.69, 9.17) is 4.74 Å². The van der Waals surface area contributed by atoms with Crippen LogP contribution in [0.3, 0.4) is 0 Å². The molecule has 28 heavy (non-hydrogen) atoms. The molecule has 0 unspecified atom stereocenters. The van der Waals surface area contributed by atoms with Crippen LogP contribution in [0.15, 0.2) is 48.0 Å². The van der Waals surface area contributed by atoms with Crippen molar-refractivity contribution in [2.24, 2.45) is 0 Å². The highest BCUT2D eigenvalue weighted by Gasteiger charge is 2.22. The molecule has 6 heteroatoms. The number of hydrogen-bond acceptors (Lipinski definition) is 5. The number of piperidine rings is 1. The van der Waals surface area contributed by atoms with E-state index in [1.807, 2.05) is 29.8 Å². The third-order valence-electron chi connectivity index (χ3n) is 5.37. The molecule has 1 N–H and O–H groups in total. The molecule has 4 rings (SSSR count). The van der Waals surface area contributed by atoms with Crippen molar-refractivity contribution in [3.05, 3.63) is 53.5 Å². The largest absolute Gasteiger partial charge is 0.496 e. The van der Waals surface area contributed by atoms with E-state index in [-0.39, 0.29) is 11.9 Å². The number of thiazole rings is 1. The first kappa shape index (κ1) is 18.7. The molecule has 0 radical (unpaired) electrons. The summed E-state index contributed by atoms with van der Waals surface area (Å²) in [6, 6.07) is 12.6. The number of rotatable bonds is 6. The van der Waals surface area contributed by atoms with Crippen LogP contribution in [0.25, 0.3) is 10.8 Å². The molecule has 0 atom stereocenters. The van der Waals surface area contributed by atoms with Gasteiger partial charge in [0, 0.05) is 42.7 Å². The van der Waals surface area contributed by atoms with Crippen LogP contribution in [0.5, 0.6) is 5.75 Å². The van der Waals surface area contributed by atoms with Gasteiger partial charge in [0.1, 0.15) is 5.75 Å². The van der Waals surface area contributed by atoms with Crippen LogP contribution in [0, 0.1) is 0 Å². The quantitative estimate of drug-likeness (QED) is 0.685. The molecule has 2 heterocycles. The van der Waals surface area contributed by atoms with Gasteiger partial charge in [0.05, 0.1) is 7.11 Å². The monoisotopic (exact) mass is 395 g/mol. The maximum absolute atomic E-state index is 12.6. The summed E-state index contributed by atoms with van der Waals surface area (Å²) in [6.07, 6.45) is 4.91. The molecule has 0 saturated carbocycles. The Morgan fingerprint density at radius 1 is 1.25 bits per heavy atom. The molecule has 1 aromatic heterocycles. The fourth-order valence-electron chi connectivity index (χ4n) is 3.89. The molecule has 1 fully saturated rings. The summed E-state index contributed by atoms with van der Waals surface area (Å²) < 4.78 is 5.54. The van der Waals surface area contributed by atoms with E-state index in [1.165, 1.54) is 5.39 Å². The van der Waals surface area contributed by atoms with Crippen LogP contribution in [-0.2, 0) is 11.2 Å². The van der Waals surface area contributed by atoms with Crippen LogP contribution in [0.4, 0.5) is 5.13 Å². The SMILES string of the molecule is COc1ccc2ccccc2c1CCC(=O)NC1CCN(c2nccs2)CC1. The molecule has 0 aliphatic carbocycles. The second kappa shape index (κ2) is 8.61. The average Bonchev–Trinajstić information content (AvgIpc) is 3.27. The van der Waals surface area contributed by atoms with Crippen LogP contribution in [0.2, 0.25) is 0 Å². The predicted molar refractivity (Wildman–Crippen MR) is 114 cm³/mol. The topological polar surface area (TPSA) is 54.5 Å². The molecule has 2 aromatic carbocycles. The molecule has 3 aromatic rings. The van der Waals surface area contributed by atoms with E-state index in [9.17, 15) is 4.79 Å². The van der Waals surface area contributed by atoms with Crippen molar-refractivity contribution in [2.75, 3.05) is 25.1 Å². The number of nitrogens with one attached hydrogen (secondary N) is 1. The number of nitrogens with zero attached hydrogens (tertiary/aromatic N) is 2. The van der Waals surface area contributed by atoms with Gasteiger partial charge < -0.3 is 15.0 Å². The van der Waals surface area contributed by atoms with Gasteiger partial charge in [0.25, 0.3) is 0 Å². The van der Waals surface area contributed by atoms with Gasteiger partial charge in [-0.15, -0.1) is 11.3 Å². The Hall–Kier alpha value is -2.60. The van der Waals surface area contributed by atoms with Gasteiger partial charge in [0.2, 0.25) is 5.91 Å². The van der Waals surface area contributed by atoms with Crippen molar-refractivity contribution in [3.8, 4) is 5.75 Å². The number of fused-ring (bicyclic) bond motifs is 1. The third kappa shape index (κ3) is 4.12. The van der Waals surface area contributed by atoms with Crippen molar-refractivity contribution in [3.63, 3.8) is 0 Å². The van der Waals surface area contributed by atoms with Crippen molar-refractivity contribution in [1.29, 1.82) is 0 Å². The Balaban J connectivity index is 1.33. The molecule has 0 spiro atoms. The summed E-state index contributed by atoms with van der Waals surface area (Å²) in [7, 11) is 1.68. The lowest BCUT2D eigenvalue weighted by molar-refractivity contribution is -0.121. The zero-order chi connectivity index (χ0) is 19.3. The highest BCUT2D eigenvalue weighted by Crippen LogP contribution is 2.29. The molecular formula is C22H25N3O2S. The second-order valence-electron chi connectivity index (χ2n) is 7.11. The normalized spacial score (nSPS) is 15.0. The van der Waals surface area contributed by atoms with Gasteiger partial charge in [-0.3, -0.25) is 4.79 Å². The van der Waals surface area contributed by atoms with E-state index in [0.29, 0.717) is 12.8 Å². The molecular weight excluding hydrogens is 370 g/mol. The molecule has 1 saturated heterocycles. The first-order valence-electron chi connectivity index (χ1n) is 9.73. The van der Waals surface area contributed by atoms with Gasteiger partial charge in [-0.2, -0.15) is 0 Å². The number of aryl methyl sites for hydroxylation is 1. The van der Waals surface area contributed by atoms with E-state index >= 15 is 0 Å². The fourth-order valence-corrected chi connectivity index (χ4v) is 4.59. The van der Waals surface area contributed by atoms with E-state index in [0.717, 1.165) is 47.8 Å². The highest BCUT2D eigenvalue weighted by atomic mass is 32.1. The third-order valence-corrected chi connectivity index (χ3v) is 6.20. The summed E-state index contributed by atoms with van der Waals surface area (Å²) in [4.78, 5) is 19.2. The van der Waals surface area contributed by atoms with Crippen LogP contribution in [-0.4, -0.2) is 37.1 Å². The first-order chi connectivity index (χ1) is 13.7. The zero-order valence-electron chi connectivity index (χ0n) is 16.1. The van der Waals surface area contributed by atoms with Crippen LogP contribution >= 0.6 is 11.3 Å². The molecule has 5 nitrogen and oxygen atoms in total. The number of aromatic nitrogens is 1. The standard InChI is InChI=1S/C22H25N3O2S/c1-27-20-8-6-16-4-2-3-5-18(16)19(20)7-9-21(26)24-17-10-13-25(14-11-17)22-23-12-15-28-22/h2-6,8,12,15,17H,7,9-11,13-14H2,1H3,(H,24,26). The van der Waals surface area contributed by atoms with Gasteiger partial charge in [-0.25, -0.2) is 4.98 Å². The minimum atomic E-state index is 0.114. The minimum absolute atomic E-state index is 0.114. The number of ether oxygens (including phenoxy) is 1.